The highest BCUT2D eigenvalue weighted by atomic mass is 35.5. The summed E-state index contributed by atoms with van der Waals surface area (Å²) in [5.74, 6) is 1.35. The molecular formula is C20H15ClO2S2. The molecule has 1 fully saturated rings. The van der Waals surface area contributed by atoms with E-state index in [-0.39, 0.29) is 17.1 Å². The Morgan fingerprint density at radius 1 is 0.920 bits per heavy atom. The fourth-order valence-corrected chi connectivity index (χ4v) is 4.99. The average Bonchev–Trinajstić information content (AvgIpc) is 3.16. The highest BCUT2D eigenvalue weighted by Gasteiger charge is 2.25. The summed E-state index contributed by atoms with van der Waals surface area (Å²) in [6.07, 6.45) is 3.17. The number of Topliss-reactive ketones (excluding diaryl/α,β-unsaturated/α-hetero) is 1. The number of rotatable bonds is 5. The minimum absolute atomic E-state index is 0.219. The van der Waals surface area contributed by atoms with Gasteiger partial charge in [0, 0.05) is 22.1 Å². The molecule has 0 atom stereocenters. The molecule has 5 heteroatoms. The summed E-state index contributed by atoms with van der Waals surface area (Å²) in [4.78, 5) is 25.6. The van der Waals surface area contributed by atoms with E-state index < -0.39 is 0 Å². The van der Waals surface area contributed by atoms with Gasteiger partial charge in [0.15, 0.2) is 11.6 Å². The molecule has 3 rings (SSSR count). The molecule has 126 valence electrons. The first kappa shape index (κ1) is 18.1. The SMILES string of the molecule is O=C(/C=C/c1ccc(Cl)cc1)C(C(=O)c1ccccc1)=C1SCCS1. The number of halogens is 1. The third-order valence-electron chi connectivity index (χ3n) is 3.56. The summed E-state index contributed by atoms with van der Waals surface area (Å²) in [5.41, 5.74) is 1.66. The Bertz CT molecular complexity index is 832. The van der Waals surface area contributed by atoms with Gasteiger partial charge in [-0.25, -0.2) is 0 Å². The maximum atomic E-state index is 12.9. The van der Waals surface area contributed by atoms with E-state index in [0.29, 0.717) is 10.6 Å². The van der Waals surface area contributed by atoms with Gasteiger partial charge in [-0.1, -0.05) is 60.1 Å². The molecule has 0 spiro atoms. The summed E-state index contributed by atoms with van der Waals surface area (Å²) in [6, 6.07) is 16.1. The van der Waals surface area contributed by atoms with Crippen LogP contribution in [0, 0.1) is 0 Å². The second kappa shape index (κ2) is 8.56. The quantitative estimate of drug-likeness (QED) is 0.294. The van der Waals surface area contributed by atoms with Crippen LogP contribution in [0.2, 0.25) is 5.02 Å². The number of benzene rings is 2. The number of thioether (sulfide) groups is 2. The molecule has 2 nitrogen and oxygen atoms in total. The minimum atomic E-state index is -0.263. The molecule has 1 heterocycles. The Morgan fingerprint density at radius 3 is 2.20 bits per heavy atom. The molecule has 2 aromatic carbocycles. The maximum absolute atomic E-state index is 12.9. The van der Waals surface area contributed by atoms with Crippen LogP contribution < -0.4 is 0 Å². The first-order valence-electron chi connectivity index (χ1n) is 7.73. The first-order chi connectivity index (χ1) is 12.1. The van der Waals surface area contributed by atoms with Crippen molar-refractivity contribution < 1.29 is 9.59 Å². The van der Waals surface area contributed by atoms with Crippen molar-refractivity contribution in [2.45, 2.75) is 0 Å². The topological polar surface area (TPSA) is 34.1 Å². The van der Waals surface area contributed by atoms with E-state index in [1.807, 2.05) is 18.2 Å². The highest BCUT2D eigenvalue weighted by molar-refractivity contribution is 8.25. The predicted octanol–water partition coefficient (Wildman–Crippen LogP) is 5.50. The third-order valence-corrected chi connectivity index (χ3v) is 6.53. The number of carbonyl (C=O) groups is 2. The van der Waals surface area contributed by atoms with E-state index in [1.165, 1.54) is 6.08 Å². The molecule has 2 aromatic rings. The lowest BCUT2D eigenvalue weighted by atomic mass is 10.0. The summed E-state index contributed by atoms with van der Waals surface area (Å²) in [5, 5.41) is 0.643. The van der Waals surface area contributed by atoms with Gasteiger partial charge < -0.3 is 0 Å². The van der Waals surface area contributed by atoms with Crippen molar-refractivity contribution in [2.75, 3.05) is 11.5 Å². The average molecular weight is 387 g/mol. The fourth-order valence-electron chi connectivity index (χ4n) is 2.32. The molecule has 0 aromatic heterocycles. The standard InChI is InChI=1S/C20H15ClO2S2/c21-16-9-6-14(7-10-16)8-11-17(22)18(20-24-12-13-25-20)19(23)15-4-2-1-3-5-15/h1-11H,12-13H2/b11-8+. The Kier molecular flexibility index (Phi) is 6.19. The van der Waals surface area contributed by atoms with Crippen LogP contribution in [0.4, 0.5) is 0 Å². The molecule has 0 unspecified atom stereocenters. The van der Waals surface area contributed by atoms with Crippen molar-refractivity contribution in [2.24, 2.45) is 0 Å². The van der Waals surface area contributed by atoms with Gasteiger partial charge in [0.1, 0.15) is 0 Å². The number of hydrogen-bond acceptors (Lipinski definition) is 4. The van der Waals surface area contributed by atoms with Crippen LogP contribution in [-0.2, 0) is 4.79 Å². The van der Waals surface area contributed by atoms with E-state index in [9.17, 15) is 9.59 Å². The summed E-state index contributed by atoms with van der Waals surface area (Å²) < 4.78 is 0.819. The molecule has 0 saturated carbocycles. The lowest BCUT2D eigenvalue weighted by molar-refractivity contribution is -0.111. The van der Waals surface area contributed by atoms with Gasteiger partial charge >= 0.3 is 0 Å². The number of carbonyl (C=O) groups excluding carboxylic acids is 2. The number of hydrogen-bond donors (Lipinski definition) is 0. The molecule has 0 amide bonds. The lowest BCUT2D eigenvalue weighted by Gasteiger charge is -2.07. The molecular weight excluding hydrogens is 372 g/mol. The van der Waals surface area contributed by atoms with Crippen molar-refractivity contribution >= 4 is 52.8 Å². The van der Waals surface area contributed by atoms with Crippen LogP contribution in [0.3, 0.4) is 0 Å². The molecule has 0 radical (unpaired) electrons. The van der Waals surface area contributed by atoms with E-state index in [2.05, 4.69) is 0 Å². The zero-order chi connectivity index (χ0) is 17.6. The van der Waals surface area contributed by atoms with Gasteiger partial charge in [0.05, 0.1) is 9.81 Å². The van der Waals surface area contributed by atoms with Crippen LogP contribution in [0.1, 0.15) is 15.9 Å². The fraction of sp³-hybridized carbons (Fsp3) is 0.100. The molecule has 1 aliphatic heterocycles. The zero-order valence-corrected chi connectivity index (χ0v) is 15.7. The zero-order valence-electron chi connectivity index (χ0n) is 13.3. The predicted molar refractivity (Wildman–Crippen MR) is 108 cm³/mol. The molecule has 0 aliphatic carbocycles. The first-order valence-corrected chi connectivity index (χ1v) is 10.1. The van der Waals surface area contributed by atoms with Gasteiger partial charge in [-0.15, -0.1) is 23.5 Å². The molecule has 0 N–H and O–H groups in total. The Balaban J connectivity index is 1.90. The van der Waals surface area contributed by atoms with Gasteiger partial charge in [-0.2, -0.15) is 0 Å². The summed E-state index contributed by atoms with van der Waals surface area (Å²) in [6.45, 7) is 0. The smallest absolute Gasteiger partial charge is 0.198 e. The van der Waals surface area contributed by atoms with Crippen LogP contribution >= 0.6 is 35.1 Å². The van der Waals surface area contributed by atoms with Crippen LogP contribution in [-0.4, -0.2) is 23.1 Å². The summed E-state index contributed by atoms with van der Waals surface area (Å²) in [7, 11) is 0. The van der Waals surface area contributed by atoms with Gasteiger partial charge in [-0.3, -0.25) is 9.59 Å². The minimum Gasteiger partial charge on any atom is -0.289 e. The van der Waals surface area contributed by atoms with Gasteiger partial charge in [0.2, 0.25) is 0 Å². The largest absolute Gasteiger partial charge is 0.289 e. The second-order valence-corrected chi connectivity index (χ2v) is 8.21. The monoisotopic (exact) mass is 386 g/mol. The van der Waals surface area contributed by atoms with E-state index in [0.717, 1.165) is 21.3 Å². The van der Waals surface area contributed by atoms with Crippen molar-refractivity contribution in [1.29, 1.82) is 0 Å². The molecule has 1 saturated heterocycles. The second-order valence-electron chi connectivity index (χ2n) is 5.30. The van der Waals surface area contributed by atoms with Crippen molar-refractivity contribution in [3.8, 4) is 0 Å². The Hall–Kier alpha value is -1.75. The van der Waals surface area contributed by atoms with Crippen LogP contribution in [0.15, 0.2) is 70.5 Å². The number of allylic oxidation sites excluding steroid dienone is 2. The van der Waals surface area contributed by atoms with E-state index >= 15 is 0 Å². The maximum Gasteiger partial charge on any atom is 0.198 e. The lowest BCUT2D eigenvalue weighted by Crippen LogP contribution is -2.12. The third kappa shape index (κ3) is 4.66. The normalized spacial score (nSPS) is 14.0. The van der Waals surface area contributed by atoms with Gasteiger partial charge in [-0.05, 0) is 23.8 Å². The Morgan fingerprint density at radius 2 is 1.56 bits per heavy atom. The Labute approximate surface area is 160 Å². The van der Waals surface area contributed by atoms with Crippen molar-refractivity contribution in [3.63, 3.8) is 0 Å². The van der Waals surface area contributed by atoms with E-state index in [4.69, 9.17) is 11.6 Å². The van der Waals surface area contributed by atoms with Crippen LogP contribution in [0.5, 0.6) is 0 Å². The van der Waals surface area contributed by atoms with Gasteiger partial charge in [0.25, 0.3) is 0 Å². The highest BCUT2D eigenvalue weighted by Crippen LogP contribution is 2.39. The number of ketones is 2. The van der Waals surface area contributed by atoms with Crippen molar-refractivity contribution in [1.82, 2.24) is 0 Å². The van der Waals surface area contributed by atoms with E-state index in [1.54, 1.807) is 66.0 Å². The summed E-state index contributed by atoms with van der Waals surface area (Å²) >= 11 is 9.02. The van der Waals surface area contributed by atoms with Crippen molar-refractivity contribution in [3.05, 3.63) is 86.6 Å². The molecule has 0 bridgehead atoms. The molecule has 25 heavy (non-hydrogen) atoms. The molecule has 1 aliphatic rings. The van der Waals surface area contributed by atoms with Crippen LogP contribution in [0.25, 0.3) is 6.08 Å².